The Bertz CT molecular complexity index is 377. The zero-order valence-electron chi connectivity index (χ0n) is 10.9. The molecule has 3 nitrogen and oxygen atoms in total. The zero-order valence-corrected chi connectivity index (χ0v) is 10.9. The van der Waals surface area contributed by atoms with Gasteiger partial charge in [-0.15, -0.1) is 0 Å². The predicted octanol–water partition coefficient (Wildman–Crippen LogP) is 2.93. The summed E-state index contributed by atoms with van der Waals surface area (Å²) in [4.78, 5) is 11.2. The minimum Gasteiger partial charge on any atom is -0.482 e. The molecule has 0 radical (unpaired) electrons. The first kappa shape index (κ1) is 13.6. The molecule has 0 aliphatic carbocycles. The minimum atomic E-state index is -0.339. The molecule has 1 aromatic rings. The number of rotatable bonds is 4. The molecular weight excluding hydrogens is 216 g/mol. The van der Waals surface area contributed by atoms with Crippen molar-refractivity contribution < 1.29 is 14.3 Å². The van der Waals surface area contributed by atoms with Gasteiger partial charge in [0.1, 0.15) is 5.75 Å². The van der Waals surface area contributed by atoms with Crippen molar-refractivity contribution in [3.63, 3.8) is 0 Å². The summed E-state index contributed by atoms with van der Waals surface area (Å²) in [5.74, 6) is 0.360. The quantitative estimate of drug-likeness (QED) is 0.754. The van der Waals surface area contributed by atoms with E-state index >= 15 is 0 Å². The SMILES string of the molecule is CCOC(=O)COc1cccc(C(C)(C)C)c1. The van der Waals surface area contributed by atoms with Crippen LogP contribution in [0.1, 0.15) is 33.3 Å². The average molecular weight is 236 g/mol. The highest BCUT2D eigenvalue weighted by Crippen LogP contribution is 2.25. The topological polar surface area (TPSA) is 35.5 Å². The fourth-order valence-electron chi connectivity index (χ4n) is 1.40. The summed E-state index contributed by atoms with van der Waals surface area (Å²) in [6.45, 7) is 8.52. The van der Waals surface area contributed by atoms with Crippen LogP contribution in [-0.2, 0) is 14.9 Å². The number of hydrogen-bond donors (Lipinski definition) is 0. The van der Waals surface area contributed by atoms with E-state index in [9.17, 15) is 4.79 Å². The van der Waals surface area contributed by atoms with Crippen molar-refractivity contribution in [1.29, 1.82) is 0 Å². The van der Waals surface area contributed by atoms with E-state index in [2.05, 4.69) is 26.8 Å². The fraction of sp³-hybridized carbons (Fsp3) is 0.500. The van der Waals surface area contributed by atoms with E-state index < -0.39 is 0 Å². The van der Waals surface area contributed by atoms with Crippen molar-refractivity contribution in [2.24, 2.45) is 0 Å². The van der Waals surface area contributed by atoms with Crippen LogP contribution in [0.15, 0.2) is 24.3 Å². The molecule has 0 aliphatic rings. The van der Waals surface area contributed by atoms with E-state index in [1.54, 1.807) is 6.92 Å². The van der Waals surface area contributed by atoms with E-state index in [4.69, 9.17) is 9.47 Å². The highest BCUT2D eigenvalue weighted by Gasteiger charge is 2.14. The molecule has 1 aromatic carbocycles. The minimum absolute atomic E-state index is 0.0402. The number of carbonyl (C=O) groups is 1. The number of esters is 1. The maximum atomic E-state index is 11.2. The van der Waals surface area contributed by atoms with E-state index in [1.165, 1.54) is 5.56 Å². The highest BCUT2D eigenvalue weighted by molar-refractivity contribution is 5.71. The summed E-state index contributed by atoms with van der Waals surface area (Å²) in [7, 11) is 0. The van der Waals surface area contributed by atoms with E-state index in [0.29, 0.717) is 12.4 Å². The molecule has 0 saturated carbocycles. The van der Waals surface area contributed by atoms with Gasteiger partial charge in [-0.05, 0) is 30.0 Å². The second-order valence-electron chi connectivity index (χ2n) is 4.87. The third-order valence-corrected chi connectivity index (χ3v) is 2.36. The molecule has 17 heavy (non-hydrogen) atoms. The standard InChI is InChI=1S/C14H20O3/c1-5-16-13(15)10-17-12-8-6-7-11(9-12)14(2,3)4/h6-9H,5,10H2,1-4H3. The van der Waals surface area contributed by atoms with Crippen LogP contribution in [0.25, 0.3) is 0 Å². The van der Waals surface area contributed by atoms with E-state index in [-0.39, 0.29) is 18.0 Å². The van der Waals surface area contributed by atoms with Crippen molar-refractivity contribution in [1.82, 2.24) is 0 Å². The Morgan fingerprint density at radius 2 is 2.00 bits per heavy atom. The van der Waals surface area contributed by atoms with Crippen LogP contribution in [0.3, 0.4) is 0 Å². The molecule has 0 amide bonds. The normalized spacial score (nSPS) is 11.1. The van der Waals surface area contributed by atoms with Gasteiger partial charge in [0.15, 0.2) is 6.61 Å². The number of benzene rings is 1. The Morgan fingerprint density at radius 1 is 1.29 bits per heavy atom. The highest BCUT2D eigenvalue weighted by atomic mass is 16.6. The molecular formula is C14H20O3. The Labute approximate surface area is 103 Å². The lowest BCUT2D eigenvalue weighted by Gasteiger charge is -2.19. The molecule has 0 N–H and O–H groups in total. The van der Waals surface area contributed by atoms with Gasteiger partial charge in [-0.25, -0.2) is 4.79 Å². The zero-order chi connectivity index (χ0) is 12.9. The van der Waals surface area contributed by atoms with Gasteiger partial charge in [-0.3, -0.25) is 0 Å². The van der Waals surface area contributed by atoms with Crippen LogP contribution in [0.2, 0.25) is 0 Å². The second kappa shape index (κ2) is 5.71. The summed E-state index contributed by atoms with van der Waals surface area (Å²) >= 11 is 0. The summed E-state index contributed by atoms with van der Waals surface area (Å²) in [5, 5.41) is 0. The van der Waals surface area contributed by atoms with Gasteiger partial charge >= 0.3 is 5.97 Å². The summed E-state index contributed by atoms with van der Waals surface area (Å²) in [6.07, 6.45) is 0. The van der Waals surface area contributed by atoms with Gasteiger partial charge in [0.25, 0.3) is 0 Å². The average Bonchev–Trinajstić information content (AvgIpc) is 2.26. The Hall–Kier alpha value is -1.51. The van der Waals surface area contributed by atoms with Crippen molar-refractivity contribution in [3.8, 4) is 5.75 Å². The molecule has 3 heteroatoms. The molecule has 0 spiro atoms. The van der Waals surface area contributed by atoms with Gasteiger partial charge in [0.05, 0.1) is 6.61 Å². The van der Waals surface area contributed by atoms with Gasteiger partial charge in [-0.1, -0.05) is 32.9 Å². The van der Waals surface area contributed by atoms with Crippen LogP contribution < -0.4 is 4.74 Å². The number of hydrogen-bond acceptors (Lipinski definition) is 3. The Morgan fingerprint density at radius 3 is 2.59 bits per heavy atom. The monoisotopic (exact) mass is 236 g/mol. The van der Waals surface area contributed by atoms with Crippen LogP contribution in [0, 0.1) is 0 Å². The Kier molecular flexibility index (Phi) is 4.55. The van der Waals surface area contributed by atoms with Crippen molar-refractivity contribution >= 4 is 5.97 Å². The summed E-state index contributed by atoms with van der Waals surface area (Å²) in [5.41, 5.74) is 1.25. The molecule has 0 bridgehead atoms. The van der Waals surface area contributed by atoms with Crippen LogP contribution in [0.4, 0.5) is 0 Å². The molecule has 0 aromatic heterocycles. The molecule has 1 rings (SSSR count). The molecule has 0 fully saturated rings. The van der Waals surface area contributed by atoms with Gasteiger partial charge < -0.3 is 9.47 Å². The van der Waals surface area contributed by atoms with Crippen molar-refractivity contribution in [2.45, 2.75) is 33.1 Å². The first-order valence-corrected chi connectivity index (χ1v) is 5.82. The van der Waals surface area contributed by atoms with Gasteiger partial charge in [0.2, 0.25) is 0 Å². The molecule has 0 saturated heterocycles. The Balaban J connectivity index is 2.64. The second-order valence-corrected chi connectivity index (χ2v) is 4.87. The van der Waals surface area contributed by atoms with Crippen molar-refractivity contribution in [3.05, 3.63) is 29.8 Å². The van der Waals surface area contributed by atoms with Crippen molar-refractivity contribution in [2.75, 3.05) is 13.2 Å². The largest absolute Gasteiger partial charge is 0.482 e. The molecule has 0 unspecified atom stereocenters. The smallest absolute Gasteiger partial charge is 0.344 e. The van der Waals surface area contributed by atoms with Crippen LogP contribution >= 0.6 is 0 Å². The number of ether oxygens (including phenoxy) is 2. The molecule has 0 atom stereocenters. The first-order chi connectivity index (χ1) is 7.93. The first-order valence-electron chi connectivity index (χ1n) is 5.82. The number of carbonyl (C=O) groups excluding carboxylic acids is 1. The fourth-order valence-corrected chi connectivity index (χ4v) is 1.40. The summed E-state index contributed by atoms with van der Waals surface area (Å²) in [6, 6.07) is 7.78. The van der Waals surface area contributed by atoms with Crippen LogP contribution in [0.5, 0.6) is 5.75 Å². The van der Waals surface area contributed by atoms with Gasteiger partial charge in [-0.2, -0.15) is 0 Å². The lowest BCUT2D eigenvalue weighted by atomic mass is 9.87. The van der Waals surface area contributed by atoms with E-state index in [1.807, 2.05) is 18.2 Å². The third-order valence-electron chi connectivity index (χ3n) is 2.36. The predicted molar refractivity (Wildman–Crippen MR) is 67.3 cm³/mol. The van der Waals surface area contributed by atoms with Gasteiger partial charge in [0, 0.05) is 0 Å². The molecule has 0 aliphatic heterocycles. The lowest BCUT2D eigenvalue weighted by Crippen LogP contribution is -2.15. The third kappa shape index (κ3) is 4.47. The molecule has 94 valence electrons. The van der Waals surface area contributed by atoms with E-state index in [0.717, 1.165) is 0 Å². The maximum absolute atomic E-state index is 11.2. The maximum Gasteiger partial charge on any atom is 0.344 e. The molecule has 0 heterocycles. The van der Waals surface area contributed by atoms with Crippen LogP contribution in [-0.4, -0.2) is 19.2 Å². The summed E-state index contributed by atoms with van der Waals surface area (Å²) < 4.78 is 10.2. The lowest BCUT2D eigenvalue weighted by molar-refractivity contribution is -0.145.